The molecule has 0 aromatic carbocycles. The Morgan fingerprint density at radius 2 is 2.00 bits per heavy atom. The summed E-state index contributed by atoms with van der Waals surface area (Å²) in [4.78, 5) is 0. The van der Waals surface area contributed by atoms with Crippen molar-refractivity contribution in [3.63, 3.8) is 0 Å². The summed E-state index contributed by atoms with van der Waals surface area (Å²) in [5.41, 5.74) is -0.435. The summed E-state index contributed by atoms with van der Waals surface area (Å²) in [5, 5.41) is 22.6. The van der Waals surface area contributed by atoms with Gasteiger partial charge in [-0.3, -0.25) is 0 Å². The first-order chi connectivity index (χ1) is 9.79. The van der Waals surface area contributed by atoms with Gasteiger partial charge in [0.25, 0.3) is 5.82 Å². The Bertz CT molecular complexity index is 627. The number of nitrogens with one attached hydrogen (secondary N) is 1. The summed E-state index contributed by atoms with van der Waals surface area (Å²) < 4.78 is 39.0. The van der Waals surface area contributed by atoms with Crippen LogP contribution in [0, 0.1) is 0 Å². The summed E-state index contributed by atoms with van der Waals surface area (Å²) in [6.45, 7) is 3.76. The lowest BCUT2D eigenvalue weighted by molar-refractivity contribution is -0.146. The third-order valence-electron chi connectivity index (χ3n) is 3.39. The third kappa shape index (κ3) is 3.23. The van der Waals surface area contributed by atoms with Crippen LogP contribution in [0.1, 0.15) is 32.5 Å². The van der Waals surface area contributed by atoms with E-state index in [4.69, 9.17) is 5.11 Å². The molecule has 0 saturated carbocycles. The Balaban J connectivity index is 2.38. The first-order valence-electron chi connectivity index (χ1n) is 6.48. The Morgan fingerprint density at radius 3 is 2.57 bits per heavy atom. The average molecular weight is 303 g/mol. The SMILES string of the molecule is CCC(C)(CCO)Nc1ccc2nnc(C(F)(F)F)n2n1. The minimum absolute atomic E-state index is 0.0215. The van der Waals surface area contributed by atoms with Gasteiger partial charge >= 0.3 is 6.18 Å². The molecule has 21 heavy (non-hydrogen) atoms. The minimum Gasteiger partial charge on any atom is -0.396 e. The maximum atomic E-state index is 12.8. The van der Waals surface area contributed by atoms with Crippen molar-refractivity contribution in [2.45, 2.75) is 38.4 Å². The molecule has 9 heteroatoms. The molecule has 0 spiro atoms. The Morgan fingerprint density at radius 1 is 1.29 bits per heavy atom. The Hall–Kier alpha value is -1.90. The number of aliphatic hydroxyl groups is 1. The Kier molecular flexibility index (Phi) is 4.04. The molecule has 0 aliphatic carbocycles. The van der Waals surface area contributed by atoms with Crippen LogP contribution in [0.4, 0.5) is 19.0 Å². The van der Waals surface area contributed by atoms with Gasteiger partial charge in [-0.2, -0.15) is 17.7 Å². The zero-order valence-corrected chi connectivity index (χ0v) is 11.6. The molecule has 2 aromatic heterocycles. The molecule has 116 valence electrons. The number of nitrogens with zero attached hydrogens (tertiary/aromatic N) is 4. The fraction of sp³-hybridized carbons (Fsp3) is 0.583. The van der Waals surface area contributed by atoms with Gasteiger partial charge in [0.1, 0.15) is 5.82 Å². The molecule has 0 amide bonds. The zero-order chi connectivity index (χ0) is 15.7. The highest BCUT2D eigenvalue weighted by molar-refractivity contribution is 5.45. The van der Waals surface area contributed by atoms with E-state index in [-0.39, 0.29) is 18.1 Å². The number of hydrogen-bond acceptors (Lipinski definition) is 5. The van der Waals surface area contributed by atoms with Crippen molar-refractivity contribution in [1.29, 1.82) is 0 Å². The van der Waals surface area contributed by atoms with Crippen LogP contribution >= 0.6 is 0 Å². The summed E-state index contributed by atoms with van der Waals surface area (Å²) >= 11 is 0. The quantitative estimate of drug-likeness (QED) is 0.885. The van der Waals surface area contributed by atoms with Crippen molar-refractivity contribution in [2.75, 3.05) is 11.9 Å². The molecule has 0 fully saturated rings. The largest absolute Gasteiger partial charge is 0.453 e. The first-order valence-corrected chi connectivity index (χ1v) is 6.48. The third-order valence-corrected chi connectivity index (χ3v) is 3.39. The summed E-state index contributed by atoms with van der Waals surface area (Å²) in [6, 6.07) is 2.95. The fourth-order valence-electron chi connectivity index (χ4n) is 1.92. The van der Waals surface area contributed by atoms with E-state index >= 15 is 0 Å². The van der Waals surface area contributed by atoms with Gasteiger partial charge in [0.2, 0.25) is 0 Å². The molecule has 0 saturated heterocycles. The smallest absolute Gasteiger partial charge is 0.396 e. The van der Waals surface area contributed by atoms with E-state index in [2.05, 4.69) is 20.6 Å². The van der Waals surface area contributed by atoms with E-state index in [0.29, 0.717) is 17.4 Å². The second-order valence-corrected chi connectivity index (χ2v) is 5.02. The lowest BCUT2D eigenvalue weighted by Crippen LogP contribution is -2.35. The van der Waals surface area contributed by atoms with Crippen LogP contribution in [0.2, 0.25) is 0 Å². The van der Waals surface area contributed by atoms with E-state index < -0.39 is 17.5 Å². The molecule has 6 nitrogen and oxygen atoms in total. The van der Waals surface area contributed by atoms with Crippen LogP contribution in [0.3, 0.4) is 0 Å². The topological polar surface area (TPSA) is 75.3 Å². The highest BCUT2D eigenvalue weighted by Crippen LogP contribution is 2.28. The van der Waals surface area contributed by atoms with Crippen molar-refractivity contribution in [3.8, 4) is 0 Å². The first kappa shape index (κ1) is 15.5. The molecule has 1 atom stereocenters. The zero-order valence-electron chi connectivity index (χ0n) is 11.6. The number of aromatic nitrogens is 4. The van der Waals surface area contributed by atoms with Gasteiger partial charge in [-0.15, -0.1) is 15.3 Å². The van der Waals surface area contributed by atoms with Crippen molar-refractivity contribution >= 4 is 11.5 Å². The second kappa shape index (κ2) is 5.47. The van der Waals surface area contributed by atoms with Crippen LogP contribution < -0.4 is 5.32 Å². The van der Waals surface area contributed by atoms with Crippen LogP contribution in [-0.2, 0) is 6.18 Å². The van der Waals surface area contributed by atoms with Gasteiger partial charge in [-0.25, -0.2) is 0 Å². The molecule has 2 aromatic rings. The van der Waals surface area contributed by atoms with Crippen LogP contribution in [0.25, 0.3) is 5.65 Å². The fourth-order valence-corrected chi connectivity index (χ4v) is 1.92. The molecule has 0 radical (unpaired) electrons. The number of fused-ring (bicyclic) bond motifs is 1. The maximum Gasteiger partial charge on any atom is 0.453 e. The van der Waals surface area contributed by atoms with Crippen molar-refractivity contribution in [1.82, 2.24) is 19.8 Å². The van der Waals surface area contributed by atoms with E-state index in [1.807, 2.05) is 13.8 Å². The molecule has 0 aliphatic heterocycles. The van der Waals surface area contributed by atoms with E-state index in [9.17, 15) is 13.2 Å². The van der Waals surface area contributed by atoms with Gasteiger partial charge in [0.15, 0.2) is 5.65 Å². The van der Waals surface area contributed by atoms with Crippen LogP contribution in [0.15, 0.2) is 12.1 Å². The van der Waals surface area contributed by atoms with E-state index in [1.165, 1.54) is 12.1 Å². The molecule has 0 bridgehead atoms. The average Bonchev–Trinajstić information content (AvgIpc) is 2.82. The number of halogens is 3. The predicted octanol–water partition coefficient (Wildman–Crippen LogP) is 2.11. The maximum absolute atomic E-state index is 12.8. The number of alkyl halides is 3. The summed E-state index contributed by atoms with van der Waals surface area (Å²) in [7, 11) is 0. The number of hydrogen-bond donors (Lipinski definition) is 2. The van der Waals surface area contributed by atoms with Gasteiger partial charge in [0, 0.05) is 12.1 Å². The molecule has 2 rings (SSSR count). The number of rotatable bonds is 5. The van der Waals surface area contributed by atoms with Gasteiger partial charge in [-0.05, 0) is 31.9 Å². The normalized spacial score (nSPS) is 15.1. The van der Waals surface area contributed by atoms with Crippen molar-refractivity contribution < 1.29 is 18.3 Å². The highest BCUT2D eigenvalue weighted by atomic mass is 19.4. The predicted molar refractivity (Wildman–Crippen MR) is 69.8 cm³/mol. The lowest BCUT2D eigenvalue weighted by atomic mass is 9.95. The van der Waals surface area contributed by atoms with Crippen LogP contribution in [-0.4, -0.2) is 37.1 Å². The van der Waals surface area contributed by atoms with E-state index in [0.717, 1.165) is 0 Å². The minimum atomic E-state index is -4.62. The highest BCUT2D eigenvalue weighted by Gasteiger charge is 2.37. The molecule has 2 heterocycles. The number of aliphatic hydroxyl groups excluding tert-OH is 1. The van der Waals surface area contributed by atoms with E-state index in [1.54, 1.807) is 0 Å². The summed E-state index contributed by atoms with van der Waals surface area (Å²) in [5.74, 6) is -0.896. The van der Waals surface area contributed by atoms with Gasteiger partial charge in [-0.1, -0.05) is 6.92 Å². The van der Waals surface area contributed by atoms with Crippen molar-refractivity contribution in [3.05, 3.63) is 18.0 Å². The molecular formula is C12H16F3N5O. The second-order valence-electron chi connectivity index (χ2n) is 5.02. The van der Waals surface area contributed by atoms with Gasteiger partial charge < -0.3 is 10.4 Å². The van der Waals surface area contributed by atoms with Crippen molar-refractivity contribution in [2.24, 2.45) is 0 Å². The lowest BCUT2D eigenvalue weighted by Gasteiger charge is -2.29. The standard InChI is InChI=1S/C12H16F3N5O/c1-3-11(2,6-7-21)16-8-4-5-9-17-18-10(12(13,14)15)20(9)19-8/h4-5,21H,3,6-7H2,1-2H3,(H,16,19). The molecular weight excluding hydrogens is 287 g/mol. The summed E-state index contributed by atoms with van der Waals surface area (Å²) in [6.07, 6.45) is -3.48. The van der Waals surface area contributed by atoms with Crippen LogP contribution in [0.5, 0.6) is 0 Å². The monoisotopic (exact) mass is 303 g/mol. The molecule has 0 aliphatic rings. The number of anilines is 1. The van der Waals surface area contributed by atoms with Gasteiger partial charge in [0.05, 0.1) is 0 Å². The Labute approximate surface area is 119 Å². The molecule has 2 N–H and O–H groups in total. The molecule has 1 unspecified atom stereocenters.